The molecule has 0 radical (unpaired) electrons. The molecule has 0 aromatic heterocycles. The molecule has 0 spiro atoms. The van der Waals surface area contributed by atoms with Crippen LogP contribution in [0.25, 0.3) is 0 Å². The van der Waals surface area contributed by atoms with Crippen molar-refractivity contribution in [3.63, 3.8) is 0 Å². The number of carboxylic acids is 1. The number of amides is 6. The predicted octanol–water partition coefficient (Wildman–Crippen LogP) is -3.19. The van der Waals surface area contributed by atoms with E-state index < -0.39 is 84.0 Å². The fourth-order valence-corrected chi connectivity index (χ4v) is 2.96. The van der Waals surface area contributed by atoms with E-state index >= 15 is 0 Å². The summed E-state index contributed by atoms with van der Waals surface area (Å²) in [5.74, 6) is -7.06. The summed E-state index contributed by atoms with van der Waals surface area (Å²) in [7, 11) is 0. The molecule has 0 unspecified atom stereocenters. The Morgan fingerprint density at radius 1 is 0.676 bits per heavy atom. The molecule has 0 fully saturated rings. The lowest BCUT2D eigenvalue weighted by Gasteiger charge is -2.28. The largest absolute Gasteiger partial charge is 0.480 e. The van der Waals surface area contributed by atoms with Crippen LogP contribution in [0.5, 0.6) is 0 Å². The summed E-state index contributed by atoms with van der Waals surface area (Å²) >= 11 is 0. The Balaban J connectivity index is 5.72. The van der Waals surface area contributed by atoms with Crippen molar-refractivity contribution in [3.8, 4) is 0 Å². The van der Waals surface area contributed by atoms with E-state index in [1.807, 2.05) is 0 Å². The highest BCUT2D eigenvalue weighted by Crippen LogP contribution is 2.07. The van der Waals surface area contributed by atoms with Crippen molar-refractivity contribution in [2.75, 3.05) is 0 Å². The molecule has 15 nitrogen and oxygen atoms in total. The van der Waals surface area contributed by atoms with E-state index in [1.54, 1.807) is 27.7 Å². The lowest BCUT2D eigenvalue weighted by molar-refractivity contribution is -0.142. The van der Waals surface area contributed by atoms with Crippen molar-refractivity contribution in [2.45, 2.75) is 84.1 Å². The lowest BCUT2D eigenvalue weighted by atomic mass is 10.0. The zero-order chi connectivity index (χ0) is 29.0. The Kier molecular flexibility index (Phi) is 13.8. The summed E-state index contributed by atoms with van der Waals surface area (Å²) in [5, 5.41) is 18.4. The Morgan fingerprint density at radius 3 is 1.62 bits per heavy atom. The molecule has 0 aliphatic rings. The first-order valence-electron chi connectivity index (χ1n) is 11.7. The highest BCUT2D eigenvalue weighted by atomic mass is 16.4. The van der Waals surface area contributed by atoms with Crippen LogP contribution in [0.3, 0.4) is 0 Å². The van der Waals surface area contributed by atoms with Gasteiger partial charge in [-0.3, -0.25) is 33.6 Å². The minimum Gasteiger partial charge on any atom is -0.480 e. The Bertz CT molecular complexity index is 877. The number of rotatable bonds is 16. The van der Waals surface area contributed by atoms with Crippen LogP contribution in [0.4, 0.5) is 0 Å². The third-order valence-electron chi connectivity index (χ3n) is 5.35. The van der Waals surface area contributed by atoms with E-state index in [-0.39, 0.29) is 18.8 Å². The van der Waals surface area contributed by atoms with Gasteiger partial charge in [0.1, 0.15) is 24.2 Å². The second kappa shape index (κ2) is 15.4. The number of hydrogen-bond donors (Lipinski definition) is 8. The number of carboxylic acid groups (broad SMARTS) is 1. The van der Waals surface area contributed by atoms with Crippen LogP contribution >= 0.6 is 0 Å². The Hall–Kier alpha value is -3.75. The highest BCUT2D eigenvalue weighted by molar-refractivity contribution is 5.97. The van der Waals surface area contributed by atoms with Crippen LogP contribution < -0.4 is 38.5 Å². The van der Waals surface area contributed by atoms with Gasteiger partial charge in [-0.15, -0.1) is 0 Å². The number of primary amides is 2. The molecule has 15 heteroatoms. The van der Waals surface area contributed by atoms with E-state index in [9.17, 15) is 33.6 Å². The average Bonchev–Trinajstić information content (AvgIpc) is 2.77. The van der Waals surface area contributed by atoms with Gasteiger partial charge in [0, 0.05) is 6.42 Å². The van der Waals surface area contributed by atoms with Crippen LogP contribution in [0.1, 0.15) is 53.9 Å². The number of carbonyl (C=O) groups is 7. The van der Waals surface area contributed by atoms with Crippen molar-refractivity contribution < 1.29 is 38.7 Å². The van der Waals surface area contributed by atoms with E-state index in [0.717, 1.165) is 0 Å². The third-order valence-corrected chi connectivity index (χ3v) is 5.35. The number of nitrogens with one attached hydrogen (secondary N) is 4. The Morgan fingerprint density at radius 2 is 1.19 bits per heavy atom. The first-order chi connectivity index (χ1) is 17.0. The first kappa shape index (κ1) is 33.2. The van der Waals surface area contributed by atoms with Gasteiger partial charge in [-0.2, -0.15) is 0 Å². The summed E-state index contributed by atoms with van der Waals surface area (Å²) in [5.41, 5.74) is 16.1. The fraction of sp³-hybridized carbons (Fsp3) is 0.682. The lowest BCUT2D eigenvalue weighted by Crippen LogP contribution is -2.60. The minimum absolute atomic E-state index is 0.231. The normalized spacial score (nSPS) is 15.0. The summed E-state index contributed by atoms with van der Waals surface area (Å²) in [4.78, 5) is 84.6. The number of carbonyl (C=O) groups excluding carboxylic acids is 6. The maximum absolute atomic E-state index is 13.0. The smallest absolute Gasteiger partial charge is 0.325 e. The summed E-state index contributed by atoms with van der Waals surface area (Å²) in [6.45, 7) is 7.77. The number of nitrogens with two attached hydrogens (primary N) is 3. The second-order valence-electron chi connectivity index (χ2n) is 9.37. The molecule has 210 valence electrons. The van der Waals surface area contributed by atoms with Gasteiger partial charge in [-0.25, -0.2) is 0 Å². The van der Waals surface area contributed by atoms with Gasteiger partial charge < -0.3 is 43.6 Å². The standard InChI is InChI=1S/C22H39N7O8/c1-9(2)16(25)20(34)28-13(8-15(24)31)19(33)29-17(10(3)4)21(35)27-12(6-7-14(23)30)18(32)26-11(5)22(36)37/h9-13,16-17H,6-8,25H2,1-5H3,(H2,23,30)(H2,24,31)(H,26,32)(H,27,35)(H,28,34)(H,29,33)(H,36,37)/t11-,12-,13-,16-,17-/m0/s1. The minimum atomic E-state index is -1.42. The van der Waals surface area contributed by atoms with Crippen LogP contribution in [-0.4, -0.2) is 76.7 Å². The SMILES string of the molecule is CC(C)[C@H](N)C(=O)N[C@@H](CC(N)=O)C(=O)N[C@H](C(=O)N[C@@H](CCC(N)=O)C(=O)N[C@@H](C)C(=O)O)C(C)C. The van der Waals surface area contributed by atoms with Crippen LogP contribution in [0.15, 0.2) is 0 Å². The van der Waals surface area contributed by atoms with Gasteiger partial charge in [0.15, 0.2) is 0 Å². The van der Waals surface area contributed by atoms with Gasteiger partial charge in [-0.05, 0) is 25.2 Å². The van der Waals surface area contributed by atoms with E-state index in [1.165, 1.54) is 6.92 Å². The van der Waals surface area contributed by atoms with Gasteiger partial charge in [0.25, 0.3) is 0 Å². The fourth-order valence-electron chi connectivity index (χ4n) is 2.96. The average molecular weight is 530 g/mol. The van der Waals surface area contributed by atoms with E-state index in [2.05, 4.69) is 21.3 Å². The molecule has 6 amide bonds. The Labute approximate surface area is 215 Å². The quantitative estimate of drug-likeness (QED) is 0.0999. The molecular formula is C22H39N7O8. The molecule has 0 bridgehead atoms. The zero-order valence-electron chi connectivity index (χ0n) is 21.7. The molecular weight excluding hydrogens is 490 g/mol. The molecule has 0 aromatic carbocycles. The second-order valence-corrected chi connectivity index (χ2v) is 9.37. The first-order valence-corrected chi connectivity index (χ1v) is 11.7. The van der Waals surface area contributed by atoms with E-state index in [0.29, 0.717) is 0 Å². The summed E-state index contributed by atoms with van der Waals surface area (Å²) in [6.07, 6.45) is -1.08. The van der Waals surface area contributed by atoms with Crippen molar-refractivity contribution in [1.82, 2.24) is 21.3 Å². The van der Waals surface area contributed by atoms with Crippen molar-refractivity contribution in [3.05, 3.63) is 0 Å². The van der Waals surface area contributed by atoms with Gasteiger partial charge in [0.05, 0.1) is 12.5 Å². The maximum Gasteiger partial charge on any atom is 0.325 e. The summed E-state index contributed by atoms with van der Waals surface area (Å²) < 4.78 is 0. The molecule has 0 rings (SSSR count). The maximum atomic E-state index is 13.0. The number of aliphatic carboxylic acids is 1. The highest BCUT2D eigenvalue weighted by Gasteiger charge is 2.33. The van der Waals surface area contributed by atoms with Crippen molar-refractivity contribution in [1.29, 1.82) is 0 Å². The van der Waals surface area contributed by atoms with Crippen LogP contribution in [0.2, 0.25) is 0 Å². The molecule has 0 aliphatic carbocycles. The topological polar surface area (TPSA) is 266 Å². The monoisotopic (exact) mass is 529 g/mol. The zero-order valence-corrected chi connectivity index (χ0v) is 21.7. The van der Waals surface area contributed by atoms with Crippen molar-refractivity contribution >= 4 is 41.4 Å². The predicted molar refractivity (Wildman–Crippen MR) is 131 cm³/mol. The third kappa shape index (κ3) is 12.2. The number of hydrogen-bond acceptors (Lipinski definition) is 8. The molecule has 11 N–H and O–H groups in total. The molecule has 0 aromatic rings. The van der Waals surface area contributed by atoms with Gasteiger partial charge in [-0.1, -0.05) is 27.7 Å². The molecule has 0 heterocycles. The van der Waals surface area contributed by atoms with Crippen molar-refractivity contribution in [2.24, 2.45) is 29.0 Å². The molecule has 0 saturated heterocycles. The van der Waals surface area contributed by atoms with Gasteiger partial charge >= 0.3 is 5.97 Å². The molecule has 0 aliphatic heterocycles. The molecule has 0 saturated carbocycles. The van der Waals surface area contributed by atoms with Crippen LogP contribution in [-0.2, 0) is 33.6 Å². The van der Waals surface area contributed by atoms with E-state index in [4.69, 9.17) is 22.3 Å². The summed E-state index contributed by atoms with van der Waals surface area (Å²) in [6, 6.07) is -6.26. The van der Waals surface area contributed by atoms with Gasteiger partial charge in [0.2, 0.25) is 35.4 Å². The molecule has 37 heavy (non-hydrogen) atoms. The molecule has 5 atom stereocenters. The van der Waals surface area contributed by atoms with Crippen LogP contribution in [0, 0.1) is 11.8 Å².